The van der Waals surface area contributed by atoms with Crippen molar-refractivity contribution in [2.75, 3.05) is 6.61 Å². The predicted octanol–water partition coefficient (Wildman–Crippen LogP) is 4.76. The molecular formula is C16H15Cl2FN2O. The van der Waals surface area contributed by atoms with E-state index in [0.717, 1.165) is 36.9 Å². The van der Waals surface area contributed by atoms with Crippen LogP contribution >= 0.6 is 23.2 Å². The summed E-state index contributed by atoms with van der Waals surface area (Å²) in [6.07, 6.45) is 5.51. The Hall–Kier alpha value is -1.52. The Morgan fingerprint density at radius 2 is 2.09 bits per heavy atom. The Morgan fingerprint density at radius 3 is 2.82 bits per heavy atom. The van der Waals surface area contributed by atoms with Crippen molar-refractivity contribution in [2.45, 2.75) is 25.7 Å². The van der Waals surface area contributed by atoms with E-state index in [9.17, 15) is 4.39 Å². The number of halogens is 3. The Bertz CT molecular complexity index is 727. The molecule has 0 radical (unpaired) electrons. The molecule has 0 bridgehead atoms. The summed E-state index contributed by atoms with van der Waals surface area (Å²) < 4.78 is 21.2. The Morgan fingerprint density at radius 1 is 1.32 bits per heavy atom. The zero-order valence-electron chi connectivity index (χ0n) is 11.9. The van der Waals surface area contributed by atoms with E-state index in [1.807, 2.05) is 0 Å². The highest BCUT2D eigenvalue weighted by atomic mass is 35.5. The third-order valence-electron chi connectivity index (χ3n) is 3.68. The molecule has 0 unspecified atom stereocenters. The van der Waals surface area contributed by atoms with Crippen LogP contribution in [0.25, 0.3) is 5.69 Å². The van der Waals surface area contributed by atoms with E-state index >= 15 is 0 Å². The molecule has 1 aliphatic carbocycles. The van der Waals surface area contributed by atoms with Gasteiger partial charge in [0.25, 0.3) is 0 Å². The highest BCUT2D eigenvalue weighted by molar-refractivity contribution is 6.32. The number of fused-ring (bicyclic) bond motifs is 1. The molecule has 1 aromatic heterocycles. The van der Waals surface area contributed by atoms with E-state index in [1.165, 1.54) is 16.8 Å². The van der Waals surface area contributed by atoms with Gasteiger partial charge in [0, 0.05) is 11.6 Å². The lowest BCUT2D eigenvalue weighted by Crippen LogP contribution is -2.03. The standard InChI is InChI=1S/C16H15Cl2FN2O/c1-2-7-22-15-9-14(12(19)8-11(15)17)21-16(18)10-5-3-4-6-13(10)20-21/h2,8-9H,1,3-7H2. The second-order valence-corrected chi connectivity index (χ2v) is 5.93. The van der Waals surface area contributed by atoms with Gasteiger partial charge in [0.15, 0.2) is 5.82 Å². The van der Waals surface area contributed by atoms with Crippen molar-refractivity contribution >= 4 is 23.2 Å². The van der Waals surface area contributed by atoms with Crippen molar-refractivity contribution < 1.29 is 9.13 Å². The SMILES string of the molecule is C=CCOc1cc(-n2nc3c(c2Cl)CCCC3)c(F)cc1Cl. The Labute approximate surface area is 138 Å². The lowest BCUT2D eigenvalue weighted by Gasteiger charge is -2.11. The molecule has 1 aliphatic rings. The fraction of sp³-hybridized carbons (Fsp3) is 0.312. The van der Waals surface area contributed by atoms with Crippen LogP contribution < -0.4 is 4.74 Å². The number of aromatic nitrogens is 2. The zero-order chi connectivity index (χ0) is 15.7. The topological polar surface area (TPSA) is 27.1 Å². The molecule has 0 aliphatic heterocycles. The normalized spacial score (nSPS) is 13.8. The summed E-state index contributed by atoms with van der Waals surface area (Å²) in [5.41, 5.74) is 2.19. The van der Waals surface area contributed by atoms with Crippen molar-refractivity contribution in [3.05, 3.63) is 52.0 Å². The van der Waals surface area contributed by atoms with Gasteiger partial charge in [0.2, 0.25) is 0 Å². The molecule has 2 aromatic rings. The molecule has 1 heterocycles. The predicted molar refractivity (Wildman–Crippen MR) is 85.9 cm³/mol. The van der Waals surface area contributed by atoms with Crippen LogP contribution in [0, 0.1) is 5.82 Å². The van der Waals surface area contributed by atoms with Crippen LogP contribution in [0.2, 0.25) is 10.2 Å². The number of hydrogen-bond donors (Lipinski definition) is 0. The molecule has 116 valence electrons. The van der Waals surface area contributed by atoms with Crippen LogP contribution in [0.3, 0.4) is 0 Å². The van der Waals surface area contributed by atoms with E-state index in [0.29, 0.717) is 10.9 Å². The van der Waals surface area contributed by atoms with E-state index in [2.05, 4.69) is 11.7 Å². The summed E-state index contributed by atoms with van der Waals surface area (Å²) in [6, 6.07) is 2.73. The van der Waals surface area contributed by atoms with E-state index in [1.54, 1.807) is 6.08 Å². The molecule has 0 saturated carbocycles. The van der Waals surface area contributed by atoms with Gasteiger partial charge in [-0.2, -0.15) is 5.10 Å². The molecule has 0 N–H and O–H groups in total. The van der Waals surface area contributed by atoms with Crippen LogP contribution in [-0.2, 0) is 12.8 Å². The van der Waals surface area contributed by atoms with Crippen molar-refractivity contribution in [3.63, 3.8) is 0 Å². The van der Waals surface area contributed by atoms with Crippen molar-refractivity contribution in [1.82, 2.24) is 9.78 Å². The highest BCUT2D eigenvalue weighted by Crippen LogP contribution is 2.34. The fourth-order valence-electron chi connectivity index (χ4n) is 2.61. The molecule has 22 heavy (non-hydrogen) atoms. The van der Waals surface area contributed by atoms with Crippen LogP contribution in [0.5, 0.6) is 5.75 Å². The molecule has 0 saturated heterocycles. The van der Waals surface area contributed by atoms with Gasteiger partial charge in [-0.25, -0.2) is 9.07 Å². The van der Waals surface area contributed by atoms with Crippen molar-refractivity contribution in [1.29, 1.82) is 0 Å². The van der Waals surface area contributed by atoms with Gasteiger partial charge in [-0.05, 0) is 31.7 Å². The number of aryl methyl sites for hydroxylation is 1. The van der Waals surface area contributed by atoms with E-state index in [-0.39, 0.29) is 17.3 Å². The number of rotatable bonds is 4. The fourth-order valence-corrected chi connectivity index (χ4v) is 3.15. The van der Waals surface area contributed by atoms with E-state index in [4.69, 9.17) is 27.9 Å². The first-order valence-electron chi connectivity index (χ1n) is 7.11. The minimum Gasteiger partial charge on any atom is -0.488 e. The van der Waals surface area contributed by atoms with Crippen LogP contribution in [0.4, 0.5) is 4.39 Å². The second kappa shape index (κ2) is 6.31. The first kappa shape index (κ1) is 15.4. The summed E-state index contributed by atoms with van der Waals surface area (Å²) in [6.45, 7) is 3.87. The second-order valence-electron chi connectivity index (χ2n) is 5.17. The molecule has 6 heteroatoms. The third kappa shape index (κ3) is 2.73. The van der Waals surface area contributed by atoms with Gasteiger partial charge < -0.3 is 4.74 Å². The molecule has 3 rings (SSSR count). The molecule has 0 amide bonds. The Balaban J connectivity index is 2.07. The zero-order valence-corrected chi connectivity index (χ0v) is 13.4. The summed E-state index contributed by atoms with van der Waals surface area (Å²) in [4.78, 5) is 0. The summed E-state index contributed by atoms with van der Waals surface area (Å²) in [7, 11) is 0. The molecule has 0 atom stereocenters. The number of ether oxygens (including phenoxy) is 1. The average molecular weight is 341 g/mol. The molecule has 1 aromatic carbocycles. The largest absolute Gasteiger partial charge is 0.488 e. The molecule has 0 spiro atoms. The van der Waals surface area contributed by atoms with Gasteiger partial charge in [0.05, 0.1) is 10.7 Å². The maximum absolute atomic E-state index is 14.3. The summed E-state index contributed by atoms with van der Waals surface area (Å²) in [5, 5.41) is 5.13. The molecule has 0 fully saturated rings. The number of benzene rings is 1. The maximum atomic E-state index is 14.3. The third-order valence-corrected chi connectivity index (χ3v) is 4.36. The summed E-state index contributed by atoms with van der Waals surface area (Å²) in [5.74, 6) is -0.111. The first-order valence-corrected chi connectivity index (χ1v) is 7.86. The van der Waals surface area contributed by atoms with Crippen molar-refractivity contribution in [3.8, 4) is 11.4 Å². The lowest BCUT2D eigenvalue weighted by molar-refractivity contribution is 0.362. The summed E-state index contributed by atoms with van der Waals surface area (Å²) >= 11 is 12.4. The smallest absolute Gasteiger partial charge is 0.150 e. The van der Waals surface area contributed by atoms with Crippen LogP contribution in [0.15, 0.2) is 24.8 Å². The first-order chi connectivity index (χ1) is 10.6. The monoisotopic (exact) mass is 340 g/mol. The minimum atomic E-state index is -0.488. The minimum absolute atomic E-state index is 0.205. The quantitative estimate of drug-likeness (QED) is 0.750. The molecular weight excluding hydrogens is 326 g/mol. The van der Waals surface area contributed by atoms with Gasteiger partial charge in [-0.1, -0.05) is 35.9 Å². The molecule has 3 nitrogen and oxygen atoms in total. The highest BCUT2D eigenvalue weighted by Gasteiger charge is 2.22. The average Bonchev–Trinajstić information content (AvgIpc) is 2.84. The van der Waals surface area contributed by atoms with Gasteiger partial charge in [-0.3, -0.25) is 0 Å². The number of nitrogens with zero attached hydrogens (tertiary/aromatic N) is 2. The van der Waals surface area contributed by atoms with Crippen molar-refractivity contribution in [2.24, 2.45) is 0 Å². The van der Waals surface area contributed by atoms with Crippen LogP contribution in [-0.4, -0.2) is 16.4 Å². The maximum Gasteiger partial charge on any atom is 0.150 e. The van der Waals surface area contributed by atoms with Crippen LogP contribution in [0.1, 0.15) is 24.1 Å². The van der Waals surface area contributed by atoms with Gasteiger partial charge in [-0.15, -0.1) is 0 Å². The van der Waals surface area contributed by atoms with Gasteiger partial charge in [0.1, 0.15) is 23.2 Å². The number of hydrogen-bond acceptors (Lipinski definition) is 2. The Kier molecular flexibility index (Phi) is 4.41. The van der Waals surface area contributed by atoms with E-state index < -0.39 is 5.82 Å². The van der Waals surface area contributed by atoms with Gasteiger partial charge >= 0.3 is 0 Å². The lowest BCUT2D eigenvalue weighted by atomic mass is 9.99.